The highest BCUT2D eigenvalue weighted by atomic mass is 16.5. The minimum absolute atomic E-state index is 0.445. The second-order valence-electron chi connectivity index (χ2n) is 6.85. The number of nitrogens with one attached hydrogen (secondary N) is 1. The Labute approximate surface area is 113 Å². The number of hydrogen-bond acceptors (Lipinski definition) is 2. The molecule has 0 radical (unpaired) electrons. The molecule has 2 nitrogen and oxygen atoms in total. The van der Waals surface area contributed by atoms with Crippen molar-refractivity contribution in [2.45, 2.75) is 65.4 Å². The first-order valence-corrected chi connectivity index (χ1v) is 8.00. The fourth-order valence-corrected chi connectivity index (χ4v) is 3.38. The van der Waals surface area contributed by atoms with Gasteiger partial charge in [0.05, 0.1) is 6.10 Å². The van der Waals surface area contributed by atoms with Crippen LogP contribution in [0.1, 0.15) is 59.3 Å². The van der Waals surface area contributed by atoms with Crippen molar-refractivity contribution in [2.75, 3.05) is 19.7 Å². The maximum absolute atomic E-state index is 6.12. The van der Waals surface area contributed by atoms with Gasteiger partial charge in [-0.1, -0.05) is 27.2 Å². The van der Waals surface area contributed by atoms with Gasteiger partial charge >= 0.3 is 0 Å². The van der Waals surface area contributed by atoms with E-state index in [9.17, 15) is 0 Å². The summed E-state index contributed by atoms with van der Waals surface area (Å²) in [6.45, 7) is 10.3. The Bertz CT molecular complexity index is 249. The van der Waals surface area contributed by atoms with Gasteiger partial charge in [-0.05, 0) is 50.5 Å². The summed E-state index contributed by atoms with van der Waals surface area (Å²) in [5, 5.41) is 3.67. The third-order valence-corrected chi connectivity index (χ3v) is 4.67. The van der Waals surface area contributed by atoms with Gasteiger partial charge in [-0.3, -0.25) is 0 Å². The molecule has 0 aromatic rings. The number of ether oxygens (including phenoxy) is 1. The molecule has 1 saturated heterocycles. The van der Waals surface area contributed by atoms with Crippen LogP contribution in [-0.4, -0.2) is 25.8 Å². The zero-order valence-electron chi connectivity index (χ0n) is 12.5. The van der Waals surface area contributed by atoms with E-state index in [1.54, 1.807) is 0 Å². The molecule has 2 aliphatic rings. The van der Waals surface area contributed by atoms with Crippen molar-refractivity contribution in [2.24, 2.45) is 17.3 Å². The van der Waals surface area contributed by atoms with E-state index in [1.807, 2.05) is 0 Å². The van der Waals surface area contributed by atoms with Crippen LogP contribution in [0.15, 0.2) is 0 Å². The van der Waals surface area contributed by atoms with E-state index >= 15 is 0 Å². The zero-order chi connectivity index (χ0) is 13.0. The average Bonchev–Trinajstić information content (AvgIpc) is 3.09. The Morgan fingerprint density at radius 2 is 2.11 bits per heavy atom. The van der Waals surface area contributed by atoms with Gasteiger partial charge in [0.15, 0.2) is 0 Å². The first-order chi connectivity index (χ1) is 8.68. The summed E-state index contributed by atoms with van der Waals surface area (Å²) < 4.78 is 6.12. The molecular weight excluding hydrogens is 222 g/mol. The van der Waals surface area contributed by atoms with Gasteiger partial charge in [0, 0.05) is 18.6 Å². The van der Waals surface area contributed by atoms with Crippen LogP contribution in [0.3, 0.4) is 0 Å². The minimum atomic E-state index is 0.445. The van der Waals surface area contributed by atoms with E-state index in [1.165, 1.54) is 45.1 Å². The van der Waals surface area contributed by atoms with Crippen LogP contribution in [0.2, 0.25) is 0 Å². The maximum atomic E-state index is 6.12. The van der Waals surface area contributed by atoms with Crippen molar-refractivity contribution in [3.8, 4) is 0 Å². The van der Waals surface area contributed by atoms with Gasteiger partial charge in [0.25, 0.3) is 0 Å². The predicted octanol–water partition coefficient (Wildman–Crippen LogP) is 3.61. The fraction of sp³-hybridized carbons (Fsp3) is 1.00. The van der Waals surface area contributed by atoms with Crippen molar-refractivity contribution < 1.29 is 4.74 Å². The first kappa shape index (κ1) is 14.3. The van der Waals surface area contributed by atoms with E-state index in [-0.39, 0.29) is 0 Å². The van der Waals surface area contributed by atoms with E-state index in [0.29, 0.717) is 11.5 Å². The Morgan fingerprint density at radius 3 is 2.72 bits per heavy atom. The second kappa shape index (κ2) is 6.38. The van der Waals surface area contributed by atoms with Crippen LogP contribution < -0.4 is 5.32 Å². The molecule has 0 aromatic heterocycles. The van der Waals surface area contributed by atoms with Gasteiger partial charge in [-0.25, -0.2) is 0 Å². The van der Waals surface area contributed by atoms with Gasteiger partial charge < -0.3 is 10.1 Å². The van der Waals surface area contributed by atoms with Crippen molar-refractivity contribution in [3.63, 3.8) is 0 Å². The molecule has 0 spiro atoms. The quantitative estimate of drug-likeness (QED) is 0.667. The standard InChI is InChI=1S/C16H31NO/c1-4-10-17-12-16(8-7-13(2)3)9-11-18-15(16)14-5-6-14/h13-15,17H,4-12H2,1-3H3. The highest BCUT2D eigenvalue weighted by Crippen LogP contribution is 2.50. The van der Waals surface area contributed by atoms with Crippen LogP contribution in [-0.2, 0) is 4.74 Å². The van der Waals surface area contributed by atoms with Crippen LogP contribution in [0.4, 0.5) is 0 Å². The Balaban J connectivity index is 1.95. The first-order valence-electron chi connectivity index (χ1n) is 8.00. The summed E-state index contributed by atoms with van der Waals surface area (Å²) in [4.78, 5) is 0. The molecule has 2 heteroatoms. The summed E-state index contributed by atoms with van der Waals surface area (Å²) in [6.07, 6.45) is 8.57. The molecule has 2 unspecified atom stereocenters. The van der Waals surface area contributed by atoms with Gasteiger partial charge in [-0.15, -0.1) is 0 Å². The van der Waals surface area contributed by atoms with Crippen LogP contribution >= 0.6 is 0 Å². The lowest BCUT2D eigenvalue weighted by Crippen LogP contribution is -2.42. The topological polar surface area (TPSA) is 21.3 Å². The van der Waals surface area contributed by atoms with E-state index in [0.717, 1.165) is 25.0 Å². The summed E-state index contributed by atoms with van der Waals surface area (Å²) in [7, 11) is 0. The highest BCUT2D eigenvalue weighted by Gasteiger charge is 2.50. The zero-order valence-corrected chi connectivity index (χ0v) is 12.5. The fourth-order valence-electron chi connectivity index (χ4n) is 3.38. The van der Waals surface area contributed by atoms with E-state index in [2.05, 4.69) is 26.1 Å². The van der Waals surface area contributed by atoms with Crippen molar-refractivity contribution >= 4 is 0 Å². The summed E-state index contributed by atoms with van der Waals surface area (Å²) in [6, 6.07) is 0. The molecule has 1 aliphatic heterocycles. The Hall–Kier alpha value is -0.0800. The normalized spacial score (nSPS) is 32.3. The Kier molecular flexibility index (Phi) is 5.08. The molecule has 1 heterocycles. The summed E-state index contributed by atoms with van der Waals surface area (Å²) in [5.74, 6) is 1.69. The number of hydrogen-bond donors (Lipinski definition) is 1. The Morgan fingerprint density at radius 1 is 1.33 bits per heavy atom. The van der Waals surface area contributed by atoms with Crippen LogP contribution in [0, 0.1) is 17.3 Å². The summed E-state index contributed by atoms with van der Waals surface area (Å²) in [5.41, 5.74) is 0.445. The van der Waals surface area contributed by atoms with Crippen molar-refractivity contribution in [1.82, 2.24) is 5.32 Å². The molecule has 2 atom stereocenters. The lowest BCUT2D eigenvalue weighted by Gasteiger charge is -2.35. The predicted molar refractivity (Wildman–Crippen MR) is 76.7 cm³/mol. The van der Waals surface area contributed by atoms with Gasteiger partial charge in [0.2, 0.25) is 0 Å². The molecule has 106 valence electrons. The highest BCUT2D eigenvalue weighted by molar-refractivity contribution is 5.00. The molecule has 1 saturated carbocycles. The van der Waals surface area contributed by atoms with Crippen molar-refractivity contribution in [3.05, 3.63) is 0 Å². The molecular formula is C16H31NO. The second-order valence-corrected chi connectivity index (χ2v) is 6.85. The molecule has 18 heavy (non-hydrogen) atoms. The van der Waals surface area contributed by atoms with Crippen LogP contribution in [0.25, 0.3) is 0 Å². The van der Waals surface area contributed by atoms with E-state index < -0.39 is 0 Å². The third kappa shape index (κ3) is 3.48. The lowest BCUT2D eigenvalue weighted by atomic mass is 9.74. The average molecular weight is 253 g/mol. The maximum Gasteiger partial charge on any atom is 0.0672 e. The molecule has 1 aliphatic carbocycles. The largest absolute Gasteiger partial charge is 0.377 e. The van der Waals surface area contributed by atoms with Crippen molar-refractivity contribution in [1.29, 1.82) is 0 Å². The van der Waals surface area contributed by atoms with Crippen LogP contribution in [0.5, 0.6) is 0 Å². The SMILES string of the molecule is CCCNCC1(CCC(C)C)CCOC1C1CC1. The smallest absolute Gasteiger partial charge is 0.0672 e. The molecule has 0 aromatic carbocycles. The molecule has 1 N–H and O–H groups in total. The minimum Gasteiger partial charge on any atom is -0.377 e. The number of rotatable bonds is 8. The molecule has 2 rings (SSSR count). The molecule has 0 bridgehead atoms. The van der Waals surface area contributed by atoms with Gasteiger partial charge in [-0.2, -0.15) is 0 Å². The molecule has 0 amide bonds. The molecule has 2 fully saturated rings. The van der Waals surface area contributed by atoms with Gasteiger partial charge in [0.1, 0.15) is 0 Å². The van der Waals surface area contributed by atoms with E-state index in [4.69, 9.17) is 4.74 Å². The lowest BCUT2D eigenvalue weighted by molar-refractivity contribution is 0.0242. The summed E-state index contributed by atoms with van der Waals surface area (Å²) >= 11 is 0. The monoisotopic (exact) mass is 253 g/mol. The third-order valence-electron chi connectivity index (χ3n) is 4.67.